The van der Waals surface area contributed by atoms with Crippen LogP contribution in [-0.4, -0.2) is 11.9 Å². The molecule has 1 amide bonds. The first-order valence-corrected chi connectivity index (χ1v) is 7.24. The normalized spacial score (nSPS) is 21.0. The van der Waals surface area contributed by atoms with Crippen LogP contribution in [-0.2, 0) is 11.3 Å². The second-order valence-electron chi connectivity index (χ2n) is 5.63. The Kier molecular flexibility index (Phi) is 5.21. The number of nitrogens with one attached hydrogen (secondary N) is 1. The molecule has 3 nitrogen and oxygen atoms in total. The van der Waals surface area contributed by atoms with E-state index in [1.54, 1.807) is 0 Å². The molecule has 1 fully saturated rings. The summed E-state index contributed by atoms with van der Waals surface area (Å²) in [6.07, 6.45) is 2.70. The Morgan fingerprint density at radius 1 is 1.14 bits per heavy atom. The second-order valence-corrected chi connectivity index (χ2v) is 5.63. The first-order chi connectivity index (χ1) is 9.74. The zero-order valence-electron chi connectivity index (χ0n) is 11.9. The maximum atomic E-state index is 12.1. The second kappa shape index (κ2) is 6.92. The lowest BCUT2D eigenvalue weighted by atomic mass is 10.0. The highest BCUT2D eigenvalue weighted by Crippen LogP contribution is 2.24. The standard InChI is InChI=1S/C17H20N2O.ClH/c18-15-9-8-13(10-15)17(20)19-11-14-6-3-5-12-4-1-2-7-16(12)14;/h1-7,13,15H,8-11,18H2,(H,19,20);1H. The number of fused-ring (bicyclic) bond motifs is 1. The maximum absolute atomic E-state index is 12.1. The smallest absolute Gasteiger partial charge is 0.223 e. The summed E-state index contributed by atoms with van der Waals surface area (Å²) in [5, 5.41) is 5.48. The minimum absolute atomic E-state index is 0. The number of halogens is 1. The molecule has 0 aliphatic heterocycles. The molecule has 0 radical (unpaired) electrons. The summed E-state index contributed by atoms with van der Waals surface area (Å²) in [6, 6.07) is 14.7. The van der Waals surface area contributed by atoms with Gasteiger partial charge in [-0.3, -0.25) is 4.79 Å². The molecule has 0 bridgehead atoms. The van der Waals surface area contributed by atoms with E-state index in [0.717, 1.165) is 19.3 Å². The van der Waals surface area contributed by atoms with Crippen LogP contribution in [0.1, 0.15) is 24.8 Å². The van der Waals surface area contributed by atoms with Crippen molar-refractivity contribution >= 4 is 29.1 Å². The summed E-state index contributed by atoms with van der Waals surface area (Å²) in [4.78, 5) is 12.1. The van der Waals surface area contributed by atoms with Crippen LogP contribution in [0, 0.1) is 5.92 Å². The van der Waals surface area contributed by atoms with Gasteiger partial charge in [0, 0.05) is 18.5 Å². The quantitative estimate of drug-likeness (QED) is 0.916. The molecule has 0 heterocycles. The number of hydrogen-bond donors (Lipinski definition) is 2. The fraction of sp³-hybridized carbons (Fsp3) is 0.353. The predicted octanol–water partition coefficient (Wildman–Crippen LogP) is 3.01. The Morgan fingerprint density at radius 3 is 2.67 bits per heavy atom. The van der Waals surface area contributed by atoms with E-state index in [1.807, 2.05) is 18.2 Å². The lowest BCUT2D eigenvalue weighted by Gasteiger charge is -2.12. The van der Waals surface area contributed by atoms with Crippen LogP contribution < -0.4 is 11.1 Å². The van der Waals surface area contributed by atoms with Gasteiger partial charge < -0.3 is 11.1 Å². The monoisotopic (exact) mass is 304 g/mol. The van der Waals surface area contributed by atoms with Gasteiger partial charge in [0.15, 0.2) is 0 Å². The third kappa shape index (κ3) is 3.55. The highest BCUT2D eigenvalue weighted by Gasteiger charge is 2.27. The van der Waals surface area contributed by atoms with Crippen LogP contribution >= 0.6 is 12.4 Å². The number of carbonyl (C=O) groups excluding carboxylic acids is 1. The lowest BCUT2D eigenvalue weighted by molar-refractivity contribution is -0.125. The van der Waals surface area contributed by atoms with E-state index in [0.29, 0.717) is 6.54 Å². The number of amides is 1. The fourth-order valence-corrected chi connectivity index (χ4v) is 3.03. The number of rotatable bonds is 3. The first-order valence-electron chi connectivity index (χ1n) is 7.24. The Balaban J connectivity index is 0.00000161. The summed E-state index contributed by atoms with van der Waals surface area (Å²) in [5.41, 5.74) is 7.03. The predicted molar refractivity (Wildman–Crippen MR) is 88.4 cm³/mol. The summed E-state index contributed by atoms with van der Waals surface area (Å²) < 4.78 is 0. The van der Waals surface area contributed by atoms with Gasteiger partial charge >= 0.3 is 0 Å². The average molecular weight is 305 g/mol. The molecule has 3 rings (SSSR count). The van der Waals surface area contributed by atoms with E-state index in [2.05, 4.69) is 29.6 Å². The minimum Gasteiger partial charge on any atom is -0.352 e. The maximum Gasteiger partial charge on any atom is 0.223 e. The molecule has 112 valence electrons. The van der Waals surface area contributed by atoms with Crippen molar-refractivity contribution < 1.29 is 4.79 Å². The molecule has 0 spiro atoms. The third-order valence-corrected chi connectivity index (χ3v) is 4.18. The van der Waals surface area contributed by atoms with Crippen molar-refractivity contribution in [2.75, 3.05) is 0 Å². The van der Waals surface area contributed by atoms with E-state index >= 15 is 0 Å². The molecule has 1 aliphatic carbocycles. The van der Waals surface area contributed by atoms with Gasteiger partial charge in [-0.15, -0.1) is 12.4 Å². The zero-order chi connectivity index (χ0) is 13.9. The molecule has 0 saturated heterocycles. The zero-order valence-corrected chi connectivity index (χ0v) is 12.7. The fourth-order valence-electron chi connectivity index (χ4n) is 3.03. The van der Waals surface area contributed by atoms with Crippen molar-refractivity contribution in [3.05, 3.63) is 48.0 Å². The van der Waals surface area contributed by atoms with Crippen LogP contribution in [0.15, 0.2) is 42.5 Å². The van der Waals surface area contributed by atoms with Crippen molar-refractivity contribution in [1.82, 2.24) is 5.32 Å². The number of benzene rings is 2. The summed E-state index contributed by atoms with van der Waals surface area (Å²) in [6.45, 7) is 0.589. The van der Waals surface area contributed by atoms with Gasteiger partial charge in [0.1, 0.15) is 0 Å². The molecule has 0 aromatic heterocycles. The van der Waals surface area contributed by atoms with Crippen LogP contribution in [0.25, 0.3) is 10.8 Å². The number of nitrogens with two attached hydrogens (primary N) is 1. The molecule has 1 aliphatic rings. The van der Waals surface area contributed by atoms with Gasteiger partial charge in [-0.1, -0.05) is 42.5 Å². The Hall–Kier alpha value is -1.58. The molecular formula is C17H21ClN2O. The van der Waals surface area contributed by atoms with E-state index < -0.39 is 0 Å². The van der Waals surface area contributed by atoms with Crippen LogP contribution in [0.5, 0.6) is 0 Å². The Bertz CT molecular complexity index is 624. The molecule has 1 saturated carbocycles. The molecule has 2 aromatic carbocycles. The first kappa shape index (κ1) is 15.8. The molecule has 3 N–H and O–H groups in total. The SMILES string of the molecule is Cl.NC1CCC(C(=O)NCc2cccc3ccccc23)C1. The van der Waals surface area contributed by atoms with Gasteiger partial charge in [0.05, 0.1) is 0 Å². The molecule has 21 heavy (non-hydrogen) atoms. The Labute approximate surface area is 131 Å². The van der Waals surface area contributed by atoms with Crippen LogP contribution in [0.3, 0.4) is 0 Å². The van der Waals surface area contributed by atoms with Crippen molar-refractivity contribution in [2.45, 2.75) is 31.8 Å². The largest absolute Gasteiger partial charge is 0.352 e. The summed E-state index contributed by atoms with van der Waals surface area (Å²) >= 11 is 0. The Morgan fingerprint density at radius 2 is 1.90 bits per heavy atom. The van der Waals surface area contributed by atoms with E-state index in [-0.39, 0.29) is 30.3 Å². The van der Waals surface area contributed by atoms with E-state index in [1.165, 1.54) is 16.3 Å². The summed E-state index contributed by atoms with van der Waals surface area (Å²) in [7, 11) is 0. The summed E-state index contributed by atoms with van der Waals surface area (Å²) in [5.74, 6) is 0.242. The van der Waals surface area contributed by atoms with Gasteiger partial charge in [-0.05, 0) is 35.6 Å². The van der Waals surface area contributed by atoms with E-state index in [9.17, 15) is 4.79 Å². The van der Waals surface area contributed by atoms with Crippen LogP contribution in [0.2, 0.25) is 0 Å². The van der Waals surface area contributed by atoms with E-state index in [4.69, 9.17) is 5.73 Å². The highest BCUT2D eigenvalue weighted by atomic mass is 35.5. The van der Waals surface area contributed by atoms with Gasteiger partial charge in [-0.25, -0.2) is 0 Å². The molecule has 2 atom stereocenters. The minimum atomic E-state index is 0. The van der Waals surface area contributed by atoms with Crippen molar-refractivity contribution in [2.24, 2.45) is 11.7 Å². The van der Waals surface area contributed by atoms with Gasteiger partial charge in [0.2, 0.25) is 5.91 Å². The number of hydrogen-bond acceptors (Lipinski definition) is 2. The highest BCUT2D eigenvalue weighted by molar-refractivity contribution is 5.86. The van der Waals surface area contributed by atoms with Crippen molar-refractivity contribution in [1.29, 1.82) is 0 Å². The average Bonchev–Trinajstić information content (AvgIpc) is 2.91. The topological polar surface area (TPSA) is 55.1 Å². The van der Waals surface area contributed by atoms with Crippen LogP contribution in [0.4, 0.5) is 0 Å². The molecule has 4 heteroatoms. The lowest BCUT2D eigenvalue weighted by Crippen LogP contribution is -2.30. The van der Waals surface area contributed by atoms with Crippen molar-refractivity contribution in [3.63, 3.8) is 0 Å². The molecule has 2 unspecified atom stereocenters. The number of carbonyl (C=O) groups is 1. The molecular weight excluding hydrogens is 284 g/mol. The van der Waals surface area contributed by atoms with Crippen molar-refractivity contribution in [3.8, 4) is 0 Å². The molecule has 2 aromatic rings. The van der Waals surface area contributed by atoms with Gasteiger partial charge in [0.25, 0.3) is 0 Å². The van der Waals surface area contributed by atoms with Gasteiger partial charge in [-0.2, -0.15) is 0 Å². The third-order valence-electron chi connectivity index (χ3n) is 4.18.